The number of para-hydroxylation sites is 1. The third kappa shape index (κ3) is 4.35. The van der Waals surface area contributed by atoms with Crippen molar-refractivity contribution < 1.29 is 13.9 Å². The number of nitrogens with one attached hydrogen (secondary N) is 1. The molecule has 1 N–H and O–H groups in total. The van der Waals surface area contributed by atoms with E-state index in [1.165, 1.54) is 12.1 Å². The number of amides is 1. The Balaban J connectivity index is 1.69. The van der Waals surface area contributed by atoms with Gasteiger partial charge in [0.1, 0.15) is 0 Å². The monoisotopic (exact) mass is 274 g/mol. The molecule has 104 valence electrons. The Morgan fingerprint density at radius 1 is 1.25 bits per heavy atom. The van der Waals surface area contributed by atoms with E-state index in [9.17, 15) is 9.18 Å². The average molecular weight is 274 g/mol. The minimum Gasteiger partial charge on any atom is -0.490 e. The van der Waals surface area contributed by atoms with E-state index >= 15 is 0 Å². The number of nitrogens with zero attached hydrogens (tertiary/aromatic N) is 1. The number of rotatable bonds is 6. The van der Waals surface area contributed by atoms with Gasteiger partial charge in [-0.25, -0.2) is 4.39 Å². The van der Waals surface area contributed by atoms with Gasteiger partial charge >= 0.3 is 0 Å². The summed E-state index contributed by atoms with van der Waals surface area (Å²) in [5, 5.41) is 2.75. The molecule has 5 heteroatoms. The minimum absolute atomic E-state index is 0.139. The molecule has 1 aromatic heterocycles. The van der Waals surface area contributed by atoms with Crippen LogP contribution in [0.25, 0.3) is 0 Å². The van der Waals surface area contributed by atoms with Gasteiger partial charge in [0.2, 0.25) is 5.91 Å². The van der Waals surface area contributed by atoms with Gasteiger partial charge in [-0.2, -0.15) is 0 Å². The lowest BCUT2D eigenvalue weighted by atomic mass is 10.3. The Kier molecular flexibility index (Phi) is 5.06. The maximum Gasteiger partial charge on any atom is 0.223 e. The molecular weight excluding hydrogens is 259 g/mol. The molecule has 0 radical (unpaired) electrons. The van der Waals surface area contributed by atoms with Crippen molar-refractivity contribution in [3.63, 3.8) is 0 Å². The molecule has 0 spiro atoms. The Morgan fingerprint density at radius 2 is 2.10 bits per heavy atom. The molecule has 20 heavy (non-hydrogen) atoms. The molecule has 0 fully saturated rings. The van der Waals surface area contributed by atoms with E-state index in [2.05, 4.69) is 10.3 Å². The molecule has 1 aromatic carbocycles. The Hall–Kier alpha value is -2.43. The minimum atomic E-state index is -0.428. The summed E-state index contributed by atoms with van der Waals surface area (Å²) < 4.78 is 18.5. The van der Waals surface area contributed by atoms with Crippen molar-refractivity contribution in [2.24, 2.45) is 0 Å². The van der Waals surface area contributed by atoms with Crippen molar-refractivity contribution in [1.82, 2.24) is 10.3 Å². The zero-order chi connectivity index (χ0) is 14.2. The topological polar surface area (TPSA) is 51.2 Å². The molecular formula is C15H15FN2O2. The zero-order valence-corrected chi connectivity index (χ0v) is 10.9. The van der Waals surface area contributed by atoms with Crippen LogP contribution in [0.5, 0.6) is 5.75 Å². The van der Waals surface area contributed by atoms with Crippen LogP contribution >= 0.6 is 0 Å². The molecule has 0 aliphatic heterocycles. The smallest absolute Gasteiger partial charge is 0.223 e. The summed E-state index contributed by atoms with van der Waals surface area (Å²) in [7, 11) is 0. The van der Waals surface area contributed by atoms with E-state index in [1.54, 1.807) is 24.5 Å². The van der Waals surface area contributed by atoms with Crippen LogP contribution in [-0.2, 0) is 11.3 Å². The number of halogens is 1. The number of hydrogen-bond acceptors (Lipinski definition) is 3. The van der Waals surface area contributed by atoms with Crippen LogP contribution in [0, 0.1) is 5.82 Å². The number of carbonyl (C=O) groups excluding carboxylic acids is 1. The summed E-state index contributed by atoms with van der Waals surface area (Å²) in [5.41, 5.74) is 0.927. The van der Waals surface area contributed by atoms with E-state index in [4.69, 9.17) is 4.74 Å². The molecule has 1 amide bonds. The van der Waals surface area contributed by atoms with Crippen LogP contribution in [0.15, 0.2) is 48.8 Å². The largest absolute Gasteiger partial charge is 0.490 e. The van der Waals surface area contributed by atoms with Crippen molar-refractivity contribution in [2.45, 2.75) is 13.0 Å². The number of benzene rings is 1. The highest BCUT2D eigenvalue weighted by molar-refractivity contribution is 5.75. The highest BCUT2D eigenvalue weighted by atomic mass is 19.1. The number of hydrogen-bond donors (Lipinski definition) is 1. The molecule has 4 nitrogen and oxygen atoms in total. The molecule has 0 bridgehead atoms. The fourth-order valence-corrected chi connectivity index (χ4v) is 1.61. The lowest BCUT2D eigenvalue weighted by Crippen LogP contribution is -2.24. The van der Waals surface area contributed by atoms with E-state index < -0.39 is 5.82 Å². The summed E-state index contributed by atoms with van der Waals surface area (Å²) in [6, 6.07) is 9.80. The molecule has 0 aliphatic rings. The van der Waals surface area contributed by atoms with Gasteiger partial charge in [-0.15, -0.1) is 0 Å². The second-order valence-corrected chi connectivity index (χ2v) is 4.17. The fourth-order valence-electron chi connectivity index (χ4n) is 1.61. The first-order valence-corrected chi connectivity index (χ1v) is 6.28. The molecule has 1 heterocycles. The van der Waals surface area contributed by atoms with E-state index in [1.807, 2.05) is 12.1 Å². The first-order chi connectivity index (χ1) is 9.75. The number of aromatic nitrogens is 1. The normalized spacial score (nSPS) is 10.1. The third-order valence-corrected chi connectivity index (χ3v) is 2.64. The fraction of sp³-hybridized carbons (Fsp3) is 0.200. The average Bonchev–Trinajstić information content (AvgIpc) is 2.48. The van der Waals surface area contributed by atoms with Gasteiger partial charge in [-0.1, -0.05) is 18.2 Å². The predicted molar refractivity (Wildman–Crippen MR) is 72.6 cm³/mol. The molecule has 2 rings (SSSR count). The SMILES string of the molecule is O=C(CCOc1ccccc1F)NCc1cccnc1. The van der Waals surface area contributed by atoms with Gasteiger partial charge in [0.25, 0.3) is 0 Å². The number of carbonyl (C=O) groups is 1. The molecule has 0 aliphatic carbocycles. The van der Waals surface area contributed by atoms with Gasteiger partial charge in [0, 0.05) is 18.9 Å². The van der Waals surface area contributed by atoms with E-state index in [0.29, 0.717) is 6.54 Å². The molecule has 0 unspecified atom stereocenters. The maximum atomic E-state index is 13.3. The van der Waals surface area contributed by atoms with Crippen LogP contribution < -0.4 is 10.1 Å². The lowest BCUT2D eigenvalue weighted by Gasteiger charge is -2.07. The van der Waals surface area contributed by atoms with Crippen LogP contribution in [0.2, 0.25) is 0 Å². The van der Waals surface area contributed by atoms with Crippen molar-refractivity contribution in [3.8, 4) is 5.75 Å². The van der Waals surface area contributed by atoms with Gasteiger partial charge < -0.3 is 10.1 Å². The van der Waals surface area contributed by atoms with Crippen LogP contribution in [0.4, 0.5) is 4.39 Å². The molecule has 0 saturated carbocycles. The van der Waals surface area contributed by atoms with Gasteiger partial charge in [0.15, 0.2) is 11.6 Å². The Bertz CT molecular complexity index is 561. The van der Waals surface area contributed by atoms with Crippen LogP contribution in [0.3, 0.4) is 0 Å². The highest BCUT2D eigenvalue weighted by Gasteiger charge is 2.04. The van der Waals surface area contributed by atoms with Crippen molar-refractivity contribution in [2.75, 3.05) is 6.61 Å². The highest BCUT2D eigenvalue weighted by Crippen LogP contribution is 2.15. The quantitative estimate of drug-likeness (QED) is 0.879. The summed E-state index contributed by atoms with van der Waals surface area (Å²) in [5.74, 6) is -0.416. The standard InChI is InChI=1S/C15H15FN2O2/c16-13-5-1-2-6-14(13)20-9-7-15(19)18-11-12-4-3-8-17-10-12/h1-6,8,10H,7,9,11H2,(H,18,19). The summed E-state index contributed by atoms with van der Waals surface area (Å²) >= 11 is 0. The van der Waals surface area contributed by atoms with Crippen molar-refractivity contribution in [3.05, 3.63) is 60.2 Å². The van der Waals surface area contributed by atoms with Crippen LogP contribution in [-0.4, -0.2) is 17.5 Å². The van der Waals surface area contributed by atoms with Crippen molar-refractivity contribution >= 4 is 5.91 Å². The van der Waals surface area contributed by atoms with Crippen LogP contribution in [0.1, 0.15) is 12.0 Å². The number of pyridine rings is 1. The zero-order valence-electron chi connectivity index (χ0n) is 10.9. The Labute approximate surface area is 116 Å². The second kappa shape index (κ2) is 7.23. The van der Waals surface area contributed by atoms with Crippen molar-refractivity contribution in [1.29, 1.82) is 0 Å². The summed E-state index contributed by atoms with van der Waals surface area (Å²) in [6.07, 6.45) is 3.54. The lowest BCUT2D eigenvalue weighted by molar-refractivity contribution is -0.121. The molecule has 0 atom stereocenters. The predicted octanol–water partition coefficient (Wildman–Crippen LogP) is 2.31. The summed E-state index contributed by atoms with van der Waals surface area (Å²) in [6.45, 7) is 0.562. The Morgan fingerprint density at radius 3 is 2.85 bits per heavy atom. The molecule has 2 aromatic rings. The van der Waals surface area contributed by atoms with E-state index in [0.717, 1.165) is 5.56 Å². The maximum absolute atomic E-state index is 13.3. The third-order valence-electron chi connectivity index (χ3n) is 2.64. The number of ether oxygens (including phenoxy) is 1. The van der Waals surface area contributed by atoms with Gasteiger partial charge in [0.05, 0.1) is 13.0 Å². The van der Waals surface area contributed by atoms with Gasteiger partial charge in [-0.3, -0.25) is 9.78 Å². The van der Waals surface area contributed by atoms with E-state index in [-0.39, 0.29) is 24.7 Å². The second-order valence-electron chi connectivity index (χ2n) is 4.17. The molecule has 0 saturated heterocycles. The summed E-state index contributed by atoms with van der Waals surface area (Å²) in [4.78, 5) is 15.5. The first kappa shape index (κ1) is 14.0. The van der Waals surface area contributed by atoms with Gasteiger partial charge in [-0.05, 0) is 23.8 Å². The first-order valence-electron chi connectivity index (χ1n) is 6.28.